The monoisotopic (exact) mass is 420 g/mol. The molecule has 0 amide bonds. The topological polar surface area (TPSA) is 0 Å². The SMILES string of the molecule is CC1(C)c2ccccc2-c2cccc(-c3ccc4c5ccccc5c5ccccc5c4c3)c21. The van der Waals surface area contributed by atoms with Crippen molar-refractivity contribution < 1.29 is 0 Å². The maximum atomic E-state index is 2.42. The lowest BCUT2D eigenvalue weighted by atomic mass is 9.78. The zero-order valence-electron chi connectivity index (χ0n) is 18.9. The van der Waals surface area contributed by atoms with Crippen LogP contribution in [-0.4, -0.2) is 0 Å². The van der Waals surface area contributed by atoms with E-state index in [0.717, 1.165) is 0 Å². The second-order valence-corrected chi connectivity index (χ2v) is 9.75. The Labute approximate surface area is 194 Å². The standard InChI is InChI=1S/C33H24/c1-33(2)31-17-8-7-14-28(31)29-16-9-15-22(32(29)33)21-18-19-27-25-12-4-3-10-23(25)24-11-5-6-13-26(24)30(27)20-21/h3-20H,1-2H3. The van der Waals surface area contributed by atoms with E-state index in [-0.39, 0.29) is 5.41 Å². The quantitative estimate of drug-likeness (QED) is 0.233. The van der Waals surface area contributed by atoms with Crippen molar-refractivity contribution in [3.05, 3.63) is 120 Å². The minimum atomic E-state index is -0.0249. The highest BCUT2D eigenvalue weighted by atomic mass is 14.4. The van der Waals surface area contributed by atoms with Crippen LogP contribution in [0.15, 0.2) is 109 Å². The third-order valence-corrected chi connectivity index (χ3v) is 7.64. The van der Waals surface area contributed by atoms with Crippen molar-refractivity contribution >= 4 is 32.3 Å². The van der Waals surface area contributed by atoms with Gasteiger partial charge in [0.1, 0.15) is 0 Å². The summed E-state index contributed by atoms with van der Waals surface area (Å²) >= 11 is 0. The van der Waals surface area contributed by atoms with Gasteiger partial charge < -0.3 is 0 Å². The Hall–Kier alpha value is -3.90. The van der Waals surface area contributed by atoms with Crippen molar-refractivity contribution in [2.24, 2.45) is 0 Å². The highest BCUT2D eigenvalue weighted by Crippen LogP contribution is 2.52. The Balaban J connectivity index is 1.56. The Kier molecular flexibility index (Phi) is 3.71. The van der Waals surface area contributed by atoms with Crippen LogP contribution < -0.4 is 0 Å². The van der Waals surface area contributed by atoms with E-state index in [2.05, 4.69) is 123 Å². The van der Waals surface area contributed by atoms with Gasteiger partial charge in [-0.1, -0.05) is 117 Å². The van der Waals surface area contributed by atoms with Gasteiger partial charge in [0.15, 0.2) is 0 Å². The van der Waals surface area contributed by atoms with E-state index < -0.39 is 0 Å². The molecule has 7 rings (SSSR count). The summed E-state index contributed by atoms with van der Waals surface area (Å²) in [5.74, 6) is 0. The summed E-state index contributed by atoms with van der Waals surface area (Å²) in [6.07, 6.45) is 0. The summed E-state index contributed by atoms with van der Waals surface area (Å²) in [5.41, 5.74) is 8.21. The molecule has 0 bridgehead atoms. The fourth-order valence-electron chi connectivity index (χ4n) is 6.16. The van der Waals surface area contributed by atoms with Crippen LogP contribution in [0, 0.1) is 0 Å². The lowest BCUT2D eigenvalue weighted by Crippen LogP contribution is -2.16. The smallest absolute Gasteiger partial charge is 0.0165 e. The maximum Gasteiger partial charge on any atom is 0.0165 e. The molecular formula is C33H24. The van der Waals surface area contributed by atoms with E-state index in [9.17, 15) is 0 Å². The van der Waals surface area contributed by atoms with Gasteiger partial charge in [-0.05, 0) is 71.8 Å². The van der Waals surface area contributed by atoms with E-state index in [1.807, 2.05) is 0 Å². The molecule has 0 radical (unpaired) electrons. The molecule has 0 aromatic heterocycles. The molecule has 33 heavy (non-hydrogen) atoms. The molecule has 156 valence electrons. The molecule has 0 saturated carbocycles. The molecule has 0 spiro atoms. The van der Waals surface area contributed by atoms with Crippen LogP contribution in [0.4, 0.5) is 0 Å². The molecule has 1 aliphatic rings. The predicted octanol–water partition coefficient (Wildman–Crippen LogP) is 9.12. The third kappa shape index (κ3) is 2.47. The van der Waals surface area contributed by atoms with Crippen LogP contribution in [0.3, 0.4) is 0 Å². The molecule has 0 nitrogen and oxygen atoms in total. The maximum absolute atomic E-state index is 2.42. The number of benzene rings is 6. The Morgan fingerprint density at radius 1 is 0.424 bits per heavy atom. The van der Waals surface area contributed by atoms with E-state index in [0.29, 0.717) is 0 Å². The molecular weight excluding hydrogens is 396 g/mol. The molecule has 6 aromatic rings. The van der Waals surface area contributed by atoms with E-state index in [1.54, 1.807) is 0 Å². The largest absolute Gasteiger partial charge is 0.0619 e. The zero-order valence-corrected chi connectivity index (χ0v) is 18.9. The first-order valence-electron chi connectivity index (χ1n) is 11.7. The van der Waals surface area contributed by atoms with E-state index in [1.165, 1.54) is 65.7 Å². The molecule has 0 heterocycles. The van der Waals surface area contributed by atoms with Gasteiger partial charge in [-0.15, -0.1) is 0 Å². The average Bonchev–Trinajstić information content (AvgIpc) is 3.11. The van der Waals surface area contributed by atoms with E-state index >= 15 is 0 Å². The minimum absolute atomic E-state index is 0.0249. The molecule has 0 N–H and O–H groups in total. The summed E-state index contributed by atoms with van der Waals surface area (Å²) in [6, 6.07) is 40.4. The predicted molar refractivity (Wildman–Crippen MR) is 142 cm³/mol. The molecule has 1 aliphatic carbocycles. The summed E-state index contributed by atoms with van der Waals surface area (Å²) < 4.78 is 0. The molecule has 0 fully saturated rings. The highest BCUT2D eigenvalue weighted by Gasteiger charge is 2.37. The lowest BCUT2D eigenvalue weighted by Gasteiger charge is -2.24. The number of hydrogen-bond acceptors (Lipinski definition) is 0. The van der Waals surface area contributed by atoms with E-state index in [4.69, 9.17) is 0 Å². The molecule has 0 heteroatoms. The van der Waals surface area contributed by atoms with Crippen LogP contribution in [-0.2, 0) is 5.41 Å². The van der Waals surface area contributed by atoms with Crippen LogP contribution in [0.2, 0.25) is 0 Å². The van der Waals surface area contributed by atoms with Gasteiger partial charge in [0, 0.05) is 5.41 Å². The molecule has 0 unspecified atom stereocenters. The number of rotatable bonds is 1. The fraction of sp³-hybridized carbons (Fsp3) is 0.0909. The van der Waals surface area contributed by atoms with Crippen molar-refractivity contribution in [2.45, 2.75) is 19.3 Å². The van der Waals surface area contributed by atoms with Crippen molar-refractivity contribution in [2.75, 3.05) is 0 Å². The lowest BCUT2D eigenvalue weighted by molar-refractivity contribution is 0.662. The fourth-order valence-corrected chi connectivity index (χ4v) is 6.16. The summed E-state index contributed by atoms with van der Waals surface area (Å²) in [6.45, 7) is 4.73. The van der Waals surface area contributed by atoms with Gasteiger partial charge in [-0.25, -0.2) is 0 Å². The van der Waals surface area contributed by atoms with Gasteiger partial charge in [-0.2, -0.15) is 0 Å². The molecule has 0 atom stereocenters. The third-order valence-electron chi connectivity index (χ3n) is 7.64. The van der Waals surface area contributed by atoms with Gasteiger partial charge >= 0.3 is 0 Å². The van der Waals surface area contributed by atoms with Gasteiger partial charge in [0.25, 0.3) is 0 Å². The first-order valence-corrected chi connectivity index (χ1v) is 11.7. The van der Waals surface area contributed by atoms with Crippen LogP contribution in [0.1, 0.15) is 25.0 Å². The average molecular weight is 421 g/mol. The second kappa shape index (κ2) is 6.56. The van der Waals surface area contributed by atoms with Gasteiger partial charge in [0.2, 0.25) is 0 Å². The van der Waals surface area contributed by atoms with Crippen molar-refractivity contribution in [1.29, 1.82) is 0 Å². The van der Waals surface area contributed by atoms with Crippen molar-refractivity contribution in [3.63, 3.8) is 0 Å². The van der Waals surface area contributed by atoms with Crippen LogP contribution in [0.5, 0.6) is 0 Å². The first kappa shape index (κ1) is 18.7. The summed E-state index contributed by atoms with van der Waals surface area (Å²) in [4.78, 5) is 0. The Morgan fingerprint density at radius 2 is 0.939 bits per heavy atom. The summed E-state index contributed by atoms with van der Waals surface area (Å²) in [5, 5.41) is 7.94. The van der Waals surface area contributed by atoms with Crippen LogP contribution >= 0.6 is 0 Å². The number of hydrogen-bond donors (Lipinski definition) is 0. The summed E-state index contributed by atoms with van der Waals surface area (Å²) in [7, 11) is 0. The normalized spacial score (nSPS) is 14.0. The van der Waals surface area contributed by atoms with Crippen molar-refractivity contribution in [1.82, 2.24) is 0 Å². The minimum Gasteiger partial charge on any atom is -0.0619 e. The van der Waals surface area contributed by atoms with Gasteiger partial charge in [0.05, 0.1) is 0 Å². The highest BCUT2D eigenvalue weighted by molar-refractivity contribution is 6.25. The first-order chi connectivity index (χ1) is 16.1. The van der Waals surface area contributed by atoms with Gasteiger partial charge in [-0.3, -0.25) is 0 Å². The Bertz CT molecular complexity index is 1700. The number of fused-ring (bicyclic) bond motifs is 9. The Morgan fingerprint density at radius 3 is 1.64 bits per heavy atom. The molecule has 0 saturated heterocycles. The zero-order chi connectivity index (χ0) is 22.2. The second-order valence-electron chi connectivity index (χ2n) is 9.75. The van der Waals surface area contributed by atoms with Crippen LogP contribution in [0.25, 0.3) is 54.6 Å². The molecule has 6 aromatic carbocycles. The van der Waals surface area contributed by atoms with Crippen molar-refractivity contribution in [3.8, 4) is 22.3 Å². The molecule has 0 aliphatic heterocycles.